The van der Waals surface area contributed by atoms with Crippen LogP contribution in [0.4, 0.5) is 0 Å². The molecule has 4 atom stereocenters. The first kappa shape index (κ1) is 21.9. The highest BCUT2D eigenvalue weighted by Crippen LogP contribution is 2.62. The normalized spacial score (nSPS) is 30.6. The van der Waals surface area contributed by atoms with Gasteiger partial charge in [0.2, 0.25) is 6.54 Å². The summed E-state index contributed by atoms with van der Waals surface area (Å²) in [5, 5.41) is 0. The summed E-state index contributed by atoms with van der Waals surface area (Å²) < 4.78 is 13.2. The fraction of sp³-hybridized carbons (Fsp3) is 0.556. The average molecular weight is 423 g/mol. The second-order valence-electron chi connectivity index (χ2n) is 10.0. The van der Waals surface area contributed by atoms with Gasteiger partial charge in [-0.25, -0.2) is 0 Å². The SMILES string of the molecule is C=C1CC[C@H]2[C@](C)(CCC[C@@]2(C)C(=O)OC)[C@H]1CCc1ccoc1C[n+]1ccccc1. The summed E-state index contributed by atoms with van der Waals surface area (Å²) in [4.78, 5) is 12.8. The smallest absolute Gasteiger partial charge is 0.311 e. The van der Waals surface area contributed by atoms with Gasteiger partial charge in [-0.15, -0.1) is 0 Å². The number of ether oxygens (including phenoxy) is 1. The standard InChI is InChI=1S/C27H36NO3/c1-20-9-12-24-26(2,14-8-15-27(24,3)25(29)30-4)22(20)11-10-21-13-18-31-23(21)19-28-16-6-5-7-17-28/h5-7,13,16-18,22,24H,1,8-12,14-15,19H2,2-4H3/q+1/t22-,24-,26+,27+/m0/s1. The van der Waals surface area contributed by atoms with E-state index in [2.05, 4.69) is 43.5 Å². The van der Waals surface area contributed by atoms with Crippen molar-refractivity contribution in [2.75, 3.05) is 7.11 Å². The highest BCUT2D eigenvalue weighted by Gasteiger charge is 2.57. The van der Waals surface area contributed by atoms with E-state index in [4.69, 9.17) is 9.15 Å². The van der Waals surface area contributed by atoms with Crippen LogP contribution in [0.2, 0.25) is 0 Å². The number of carbonyl (C=O) groups is 1. The largest absolute Gasteiger partial charge is 0.469 e. The maximum Gasteiger partial charge on any atom is 0.311 e. The molecular formula is C27H36NO3+. The molecule has 0 N–H and O–H groups in total. The van der Waals surface area contributed by atoms with Crippen LogP contribution >= 0.6 is 0 Å². The highest BCUT2D eigenvalue weighted by molar-refractivity contribution is 5.77. The lowest BCUT2D eigenvalue weighted by Gasteiger charge is -2.57. The van der Waals surface area contributed by atoms with Crippen molar-refractivity contribution in [2.45, 2.75) is 65.3 Å². The molecule has 2 saturated carbocycles. The van der Waals surface area contributed by atoms with E-state index in [1.54, 1.807) is 0 Å². The molecule has 0 bridgehead atoms. The Hall–Kier alpha value is -2.36. The number of hydrogen-bond donors (Lipinski definition) is 0. The zero-order chi connectivity index (χ0) is 22.1. The Balaban J connectivity index is 1.53. The van der Waals surface area contributed by atoms with Crippen LogP contribution < -0.4 is 4.57 Å². The van der Waals surface area contributed by atoms with Gasteiger partial charge < -0.3 is 9.15 Å². The Morgan fingerprint density at radius 1 is 1.26 bits per heavy atom. The molecule has 2 aromatic rings. The quantitative estimate of drug-likeness (QED) is 0.351. The molecule has 2 aliphatic carbocycles. The molecule has 4 nitrogen and oxygen atoms in total. The number of hydrogen-bond acceptors (Lipinski definition) is 3. The number of rotatable bonds is 6. The Labute approximate surface area is 186 Å². The van der Waals surface area contributed by atoms with E-state index in [-0.39, 0.29) is 16.8 Å². The first-order valence-electron chi connectivity index (χ1n) is 11.6. The minimum absolute atomic E-state index is 0.0355. The van der Waals surface area contributed by atoms with E-state index in [9.17, 15) is 4.79 Å². The van der Waals surface area contributed by atoms with Gasteiger partial charge in [0.1, 0.15) is 0 Å². The third-order valence-electron chi connectivity index (χ3n) is 8.31. The maximum absolute atomic E-state index is 12.8. The van der Waals surface area contributed by atoms with Crippen LogP contribution in [-0.2, 0) is 22.5 Å². The molecule has 4 heteroatoms. The second-order valence-corrected chi connectivity index (χ2v) is 10.0. The Morgan fingerprint density at radius 2 is 2.03 bits per heavy atom. The molecule has 0 aromatic carbocycles. The van der Waals surface area contributed by atoms with Crippen molar-refractivity contribution in [2.24, 2.45) is 22.7 Å². The summed E-state index contributed by atoms with van der Waals surface area (Å²) in [5.41, 5.74) is 2.34. The minimum Gasteiger partial charge on any atom is -0.469 e. The van der Waals surface area contributed by atoms with Crippen molar-refractivity contribution in [3.05, 3.63) is 66.4 Å². The fourth-order valence-electron chi connectivity index (χ4n) is 6.69. The molecule has 2 aromatic heterocycles. The van der Waals surface area contributed by atoms with Gasteiger partial charge in [-0.2, -0.15) is 4.57 Å². The second kappa shape index (κ2) is 8.64. The molecule has 166 valence electrons. The van der Waals surface area contributed by atoms with Crippen molar-refractivity contribution in [3.63, 3.8) is 0 Å². The lowest BCUT2D eigenvalue weighted by Crippen LogP contribution is -2.53. The van der Waals surface area contributed by atoms with Crippen molar-refractivity contribution in [1.29, 1.82) is 0 Å². The Morgan fingerprint density at radius 3 is 2.77 bits per heavy atom. The third kappa shape index (κ3) is 3.97. The number of aryl methyl sites for hydroxylation is 1. The molecule has 2 heterocycles. The molecule has 2 fully saturated rings. The monoisotopic (exact) mass is 422 g/mol. The van der Waals surface area contributed by atoms with E-state index in [0.29, 0.717) is 11.8 Å². The van der Waals surface area contributed by atoms with Gasteiger partial charge in [-0.1, -0.05) is 31.6 Å². The summed E-state index contributed by atoms with van der Waals surface area (Å²) >= 11 is 0. The number of furan rings is 1. The van der Waals surface area contributed by atoms with Crippen LogP contribution in [0.1, 0.15) is 63.7 Å². The summed E-state index contributed by atoms with van der Waals surface area (Å²) in [6.07, 6.45) is 13.2. The number of allylic oxidation sites excluding steroid dienone is 1. The Kier molecular flexibility index (Phi) is 6.09. The molecule has 0 saturated heterocycles. The number of methoxy groups -OCH3 is 1. The van der Waals surface area contributed by atoms with Crippen LogP contribution in [0, 0.1) is 22.7 Å². The van der Waals surface area contributed by atoms with Crippen LogP contribution in [0.25, 0.3) is 0 Å². The van der Waals surface area contributed by atoms with Gasteiger partial charge >= 0.3 is 5.97 Å². The molecule has 0 amide bonds. The van der Waals surface area contributed by atoms with E-state index >= 15 is 0 Å². The molecule has 2 aliphatic rings. The van der Waals surface area contributed by atoms with Gasteiger partial charge in [-0.3, -0.25) is 4.79 Å². The molecule has 0 unspecified atom stereocenters. The lowest BCUT2D eigenvalue weighted by molar-refractivity contribution is -0.690. The predicted molar refractivity (Wildman–Crippen MR) is 120 cm³/mol. The fourth-order valence-corrected chi connectivity index (χ4v) is 6.69. The van der Waals surface area contributed by atoms with Crippen LogP contribution in [-0.4, -0.2) is 13.1 Å². The highest BCUT2D eigenvalue weighted by atomic mass is 16.5. The number of fused-ring (bicyclic) bond motifs is 1. The maximum atomic E-state index is 12.8. The molecule has 4 rings (SSSR count). The molecule has 0 aliphatic heterocycles. The van der Waals surface area contributed by atoms with E-state index in [0.717, 1.165) is 57.3 Å². The predicted octanol–water partition coefficient (Wildman–Crippen LogP) is 5.50. The first-order chi connectivity index (χ1) is 14.9. The van der Waals surface area contributed by atoms with Gasteiger partial charge in [0, 0.05) is 17.7 Å². The van der Waals surface area contributed by atoms with Crippen LogP contribution in [0.15, 0.2) is 59.5 Å². The van der Waals surface area contributed by atoms with E-state index in [1.807, 2.05) is 24.5 Å². The molecule has 0 radical (unpaired) electrons. The minimum atomic E-state index is -0.383. The first-order valence-corrected chi connectivity index (χ1v) is 11.6. The molecule has 31 heavy (non-hydrogen) atoms. The zero-order valence-electron chi connectivity index (χ0n) is 19.2. The van der Waals surface area contributed by atoms with Crippen LogP contribution in [0.3, 0.4) is 0 Å². The van der Waals surface area contributed by atoms with Crippen molar-refractivity contribution in [1.82, 2.24) is 0 Å². The average Bonchev–Trinajstić information content (AvgIpc) is 3.20. The van der Waals surface area contributed by atoms with Gasteiger partial charge in [0.25, 0.3) is 0 Å². The molecular weight excluding hydrogens is 386 g/mol. The summed E-state index contributed by atoms with van der Waals surface area (Å²) in [5.74, 6) is 1.76. The van der Waals surface area contributed by atoms with Gasteiger partial charge in [0.05, 0.1) is 18.8 Å². The number of esters is 1. The Bertz CT molecular complexity index is 933. The van der Waals surface area contributed by atoms with E-state index in [1.165, 1.54) is 18.2 Å². The lowest BCUT2D eigenvalue weighted by atomic mass is 9.46. The summed E-state index contributed by atoms with van der Waals surface area (Å²) in [6, 6.07) is 8.22. The molecule has 0 spiro atoms. The van der Waals surface area contributed by atoms with Crippen molar-refractivity contribution < 1.29 is 18.5 Å². The van der Waals surface area contributed by atoms with E-state index < -0.39 is 0 Å². The van der Waals surface area contributed by atoms with Crippen molar-refractivity contribution >= 4 is 5.97 Å². The summed E-state index contributed by atoms with van der Waals surface area (Å²) in [6.45, 7) is 9.78. The zero-order valence-corrected chi connectivity index (χ0v) is 19.2. The number of carbonyl (C=O) groups excluding carboxylic acids is 1. The van der Waals surface area contributed by atoms with Gasteiger partial charge in [-0.05, 0) is 68.8 Å². The topological polar surface area (TPSA) is 43.3 Å². The number of pyridine rings is 1. The van der Waals surface area contributed by atoms with Crippen molar-refractivity contribution in [3.8, 4) is 0 Å². The van der Waals surface area contributed by atoms with Gasteiger partial charge in [0.15, 0.2) is 18.2 Å². The number of aromatic nitrogens is 1. The number of nitrogens with zero attached hydrogens (tertiary/aromatic N) is 1. The summed E-state index contributed by atoms with van der Waals surface area (Å²) in [7, 11) is 1.53. The third-order valence-corrected chi connectivity index (χ3v) is 8.31. The van der Waals surface area contributed by atoms with Crippen LogP contribution in [0.5, 0.6) is 0 Å².